The lowest BCUT2D eigenvalue weighted by Crippen LogP contribution is -2.28. The number of aromatic nitrogens is 2. The highest BCUT2D eigenvalue weighted by atomic mass is 32.1. The lowest BCUT2D eigenvalue weighted by atomic mass is 10.1. The summed E-state index contributed by atoms with van der Waals surface area (Å²) in [5.41, 5.74) is 3.73. The summed E-state index contributed by atoms with van der Waals surface area (Å²) in [6.07, 6.45) is 7.64. The van der Waals surface area contributed by atoms with E-state index >= 15 is 0 Å². The van der Waals surface area contributed by atoms with Crippen LogP contribution in [-0.2, 0) is 0 Å². The van der Waals surface area contributed by atoms with Gasteiger partial charge in [0, 0.05) is 5.38 Å². The molecule has 0 aliphatic heterocycles. The molecule has 3 N–H and O–H groups in total. The van der Waals surface area contributed by atoms with Crippen LogP contribution in [0.2, 0.25) is 0 Å². The van der Waals surface area contributed by atoms with E-state index in [-0.39, 0.29) is 6.04 Å². The molecule has 84 valence electrons. The largest absolute Gasteiger partial charge is 0.271 e. The fraction of sp³-hybridized carbons (Fsp3) is 0.600. The molecule has 5 heteroatoms. The van der Waals surface area contributed by atoms with Crippen molar-refractivity contribution in [3.63, 3.8) is 0 Å². The maximum atomic E-state index is 5.48. The molecule has 1 aromatic rings. The highest BCUT2D eigenvalue weighted by molar-refractivity contribution is 7.03. The summed E-state index contributed by atoms with van der Waals surface area (Å²) in [5, 5.41) is 5.95. The number of hydrogen-bond donors (Lipinski definition) is 2. The van der Waals surface area contributed by atoms with Gasteiger partial charge in [0.15, 0.2) is 0 Å². The van der Waals surface area contributed by atoms with Gasteiger partial charge < -0.3 is 0 Å². The normalized spacial score (nSPS) is 12.6. The van der Waals surface area contributed by atoms with E-state index in [4.69, 9.17) is 5.84 Å². The van der Waals surface area contributed by atoms with Crippen LogP contribution in [0.25, 0.3) is 0 Å². The minimum absolute atomic E-state index is 0.146. The molecular formula is C10H18N4S. The molecule has 0 bridgehead atoms. The molecule has 1 unspecified atom stereocenters. The third-order valence-electron chi connectivity index (χ3n) is 2.34. The standard InChI is InChI=1S/C10H18N4S/c1-2-3-4-5-6-7-9(12-11)10-8-15-14-13-10/h2,8-9,12H,1,3-7,11H2. The first-order chi connectivity index (χ1) is 7.38. The summed E-state index contributed by atoms with van der Waals surface area (Å²) in [5.74, 6) is 5.48. The van der Waals surface area contributed by atoms with E-state index in [0.29, 0.717) is 0 Å². The van der Waals surface area contributed by atoms with Gasteiger partial charge in [-0.05, 0) is 30.8 Å². The van der Waals surface area contributed by atoms with E-state index in [1.54, 1.807) is 0 Å². The first kappa shape index (κ1) is 12.3. The Morgan fingerprint density at radius 2 is 2.40 bits per heavy atom. The van der Waals surface area contributed by atoms with Gasteiger partial charge >= 0.3 is 0 Å². The minimum atomic E-state index is 0.146. The van der Waals surface area contributed by atoms with Gasteiger partial charge in [-0.15, -0.1) is 11.7 Å². The molecule has 0 spiro atoms. The SMILES string of the molecule is C=CCCCCCC(NN)c1csnn1. The van der Waals surface area contributed by atoms with Crippen molar-refractivity contribution in [2.45, 2.75) is 38.1 Å². The average Bonchev–Trinajstić information content (AvgIpc) is 2.77. The van der Waals surface area contributed by atoms with Crippen LogP contribution >= 0.6 is 11.5 Å². The molecule has 0 aromatic carbocycles. The molecule has 1 atom stereocenters. The Hall–Kier alpha value is -0.780. The van der Waals surface area contributed by atoms with Gasteiger partial charge in [0.25, 0.3) is 0 Å². The van der Waals surface area contributed by atoms with Gasteiger partial charge in [-0.3, -0.25) is 11.3 Å². The first-order valence-corrected chi connectivity index (χ1v) is 6.06. The van der Waals surface area contributed by atoms with Gasteiger partial charge in [-0.2, -0.15) is 0 Å². The molecule has 15 heavy (non-hydrogen) atoms. The number of nitrogens with two attached hydrogens (primary N) is 1. The third kappa shape index (κ3) is 4.51. The summed E-state index contributed by atoms with van der Waals surface area (Å²) < 4.78 is 3.83. The molecule has 0 aliphatic carbocycles. The maximum Gasteiger partial charge on any atom is 0.0938 e. The number of rotatable bonds is 8. The number of nitrogens with zero attached hydrogens (tertiary/aromatic N) is 2. The minimum Gasteiger partial charge on any atom is -0.271 e. The van der Waals surface area contributed by atoms with E-state index in [1.165, 1.54) is 24.4 Å². The van der Waals surface area contributed by atoms with Crippen LogP contribution in [0.3, 0.4) is 0 Å². The Morgan fingerprint density at radius 1 is 1.53 bits per heavy atom. The Labute approximate surface area is 94.7 Å². The second kappa shape index (κ2) is 7.50. The van der Waals surface area contributed by atoms with Gasteiger partial charge in [0.05, 0.1) is 11.7 Å². The smallest absolute Gasteiger partial charge is 0.0938 e. The monoisotopic (exact) mass is 226 g/mol. The molecule has 0 saturated heterocycles. The number of hydrazine groups is 1. The molecule has 0 aliphatic rings. The van der Waals surface area contributed by atoms with Crippen LogP contribution in [0.5, 0.6) is 0 Å². The van der Waals surface area contributed by atoms with Crippen molar-refractivity contribution in [1.29, 1.82) is 0 Å². The Morgan fingerprint density at radius 3 is 3.00 bits per heavy atom. The highest BCUT2D eigenvalue weighted by Gasteiger charge is 2.11. The van der Waals surface area contributed by atoms with Gasteiger partial charge in [0.2, 0.25) is 0 Å². The molecule has 4 nitrogen and oxygen atoms in total. The van der Waals surface area contributed by atoms with E-state index in [9.17, 15) is 0 Å². The van der Waals surface area contributed by atoms with Crippen molar-refractivity contribution >= 4 is 11.5 Å². The van der Waals surface area contributed by atoms with E-state index < -0.39 is 0 Å². The van der Waals surface area contributed by atoms with Crippen LogP contribution in [-0.4, -0.2) is 9.59 Å². The van der Waals surface area contributed by atoms with Crippen LogP contribution < -0.4 is 11.3 Å². The molecule has 1 heterocycles. The molecule has 1 rings (SSSR count). The quantitative estimate of drug-likeness (QED) is 0.309. The second-order valence-electron chi connectivity index (χ2n) is 3.48. The van der Waals surface area contributed by atoms with Crippen LogP contribution in [0, 0.1) is 0 Å². The predicted molar refractivity (Wildman–Crippen MR) is 63.3 cm³/mol. The maximum absolute atomic E-state index is 5.48. The summed E-state index contributed by atoms with van der Waals surface area (Å²) in [6.45, 7) is 3.70. The third-order valence-corrected chi connectivity index (χ3v) is 2.86. The number of allylic oxidation sites excluding steroid dienone is 1. The van der Waals surface area contributed by atoms with Crippen molar-refractivity contribution in [2.75, 3.05) is 0 Å². The zero-order chi connectivity index (χ0) is 10.9. The van der Waals surface area contributed by atoms with Gasteiger partial charge in [0.1, 0.15) is 0 Å². The van der Waals surface area contributed by atoms with Gasteiger partial charge in [-0.25, -0.2) is 0 Å². The van der Waals surface area contributed by atoms with Crippen molar-refractivity contribution in [1.82, 2.24) is 15.0 Å². The molecule has 0 saturated carbocycles. The lowest BCUT2D eigenvalue weighted by molar-refractivity contribution is 0.474. The van der Waals surface area contributed by atoms with Gasteiger partial charge in [-0.1, -0.05) is 23.4 Å². The average molecular weight is 226 g/mol. The lowest BCUT2D eigenvalue weighted by Gasteiger charge is -2.12. The Balaban J connectivity index is 2.20. The molecular weight excluding hydrogens is 208 g/mol. The number of unbranched alkanes of at least 4 members (excludes halogenated alkanes) is 3. The summed E-state index contributed by atoms with van der Waals surface area (Å²) in [7, 11) is 0. The Kier molecular flexibility index (Phi) is 6.15. The van der Waals surface area contributed by atoms with Crippen LogP contribution in [0.15, 0.2) is 18.0 Å². The van der Waals surface area contributed by atoms with E-state index in [2.05, 4.69) is 21.6 Å². The predicted octanol–water partition coefficient (Wildman–Crippen LogP) is 2.18. The van der Waals surface area contributed by atoms with E-state index in [1.807, 2.05) is 11.5 Å². The summed E-state index contributed by atoms with van der Waals surface area (Å²) in [4.78, 5) is 0. The van der Waals surface area contributed by atoms with Crippen molar-refractivity contribution in [3.05, 3.63) is 23.7 Å². The Bertz CT molecular complexity index is 260. The molecule has 0 amide bonds. The highest BCUT2D eigenvalue weighted by Crippen LogP contribution is 2.18. The zero-order valence-corrected chi connectivity index (χ0v) is 9.67. The molecule has 0 radical (unpaired) electrons. The summed E-state index contributed by atoms with van der Waals surface area (Å²) in [6, 6.07) is 0.146. The first-order valence-electron chi connectivity index (χ1n) is 5.22. The van der Waals surface area contributed by atoms with Crippen LogP contribution in [0.4, 0.5) is 0 Å². The number of nitrogens with one attached hydrogen (secondary N) is 1. The van der Waals surface area contributed by atoms with Crippen LogP contribution in [0.1, 0.15) is 43.8 Å². The summed E-state index contributed by atoms with van der Waals surface area (Å²) >= 11 is 1.36. The molecule has 0 fully saturated rings. The van der Waals surface area contributed by atoms with Crippen molar-refractivity contribution < 1.29 is 0 Å². The van der Waals surface area contributed by atoms with Crippen molar-refractivity contribution in [2.24, 2.45) is 5.84 Å². The van der Waals surface area contributed by atoms with E-state index in [0.717, 1.165) is 25.0 Å². The fourth-order valence-corrected chi connectivity index (χ4v) is 1.96. The zero-order valence-electron chi connectivity index (χ0n) is 8.85. The van der Waals surface area contributed by atoms with Crippen molar-refractivity contribution in [3.8, 4) is 0 Å². The number of hydrogen-bond acceptors (Lipinski definition) is 5. The second-order valence-corrected chi connectivity index (χ2v) is 4.09. The molecule has 1 aromatic heterocycles. The topological polar surface area (TPSA) is 63.8 Å². The fourth-order valence-electron chi connectivity index (χ4n) is 1.45.